The molecule has 0 aromatic heterocycles. The number of ether oxygens (including phenoxy) is 1. The van der Waals surface area contributed by atoms with Gasteiger partial charge in [-0.25, -0.2) is 0 Å². The quantitative estimate of drug-likeness (QED) is 0.869. The number of nitrogens with zero attached hydrogens (tertiary/aromatic N) is 1. The molecule has 22 heavy (non-hydrogen) atoms. The summed E-state index contributed by atoms with van der Waals surface area (Å²) in [6.45, 7) is 9.39. The van der Waals surface area contributed by atoms with Crippen LogP contribution in [-0.2, 0) is 16.1 Å². The molecule has 0 saturated carbocycles. The average molecular weight is 302 g/mol. The van der Waals surface area contributed by atoms with Crippen molar-refractivity contribution in [1.82, 2.24) is 10.2 Å². The van der Waals surface area contributed by atoms with Crippen molar-refractivity contribution in [2.24, 2.45) is 5.92 Å². The summed E-state index contributed by atoms with van der Waals surface area (Å²) in [7, 11) is 0. The minimum absolute atomic E-state index is 0.0599. The van der Waals surface area contributed by atoms with E-state index < -0.39 is 5.60 Å². The molecule has 0 unspecified atom stereocenters. The summed E-state index contributed by atoms with van der Waals surface area (Å²) < 4.78 is 5.65. The minimum Gasteiger partial charge on any atom is -0.460 e. The largest absolute Gasteiger partial charge is 0.460 e. The highest BCUT2D eigenvalue weighted by molar-refractivity contribution is 5.76. The van der Waals surface area contributed by atoms with Gasteiger partial charge in [0.15, 0.2) is 0 Å². The molecule has 2 fully saturated rings. The first-order chi connectivity index (χ1) is 10.4. The lowest BCUT2D eigenvalue weighted by Gasteiger charge is -2.43. The number of rotatable bonds is 3. The maximum absolute atomic E-state index is 12.6. The molecule has 4 heteroatoms. The van der Waals surface area contributed by atoms with Gasteiger partial charge in [-0.3, -0.25) is 9.69 Å². The first kappa shape index (κ1) is 15.5. The van der Waals surface area contributed by atoms with Gasteiger partial charge in [-0.1, -0.05) is 30.3 Å². The molecule has 4 nitrogen and oxygen atoms in total. The van der Waals surface area contributed by atoms with Crippen LogP contribution in [0.25, 0.3) is 0 Å². The molecule has 2 aliphatic rings. The van der Waals surface area contributed by atoms with Gasteiger partial charge in [-0.2, -0.15) is 0 Å². The van der Waals surface area contributed by atoms with E-state index >= 15 is 0 Å². The maximum Gasteiger partial charge on any atom is 0.312 e. The van der Waals surface area contributed by atoms with Gasteiger partial charge in [-0.15, -0.1) is 0 Å². The second-order valence-corrected chi connectivity index (χ2v) is 7.57. The molecular formula is C18H26N2O2. The molecule has 3 rings (SSSR count). The lowest BCUT2D eigenvalue weighted by molar-refractivity contribution is -0.162. The summed E-state index contributed by atoms with van der Waals surface area (Å²) in [5.41, 5.74) is 0.799. The van der Waals surface area contributed by atoms with E-state index in [0.717, 1.165) is 32.6 Å². The Balaban J connectivity index is 1.69. The maximum atomic E-state index is 12.6. The van der Waals surface area contributed by atoms with E-state index in [-0.39, 0.29) is 17.4 Å². The summed E-state index contributed by atoms with van der Waals surface area (Å²) >= 11 is 0. The van der Waals surface area contributed by atoms with E-state index in [9.17, 15) is 4.79 Å². The molecule has 2 atom stereocenters. The third-order valence-electron chi connectivity index (χ3n) is 4.60. The lowest BCUT2D eigenvalue weighted by atomic mass is 9.78. The fourth-order valence-electron chi connectivity index (χ4n) is 3.52. The van der Waals surface area contributed by atoms with Crippen molar-refractivity contribution >= 4 is 5.97 Å². The highest BCUT2D eigenvalue weighted by Crippen LogP contribution is 2.37. The molecule has 2 aliphatic heterocycles. The zero-order valence-corrected chi connectivity index (χ0v) is 13.8. The average Bonchev–Trinajstić information content (AvgIpc) is 2.78. The number of esters is 1. The van der Waals surface area contributed by atoms with Gasteiger partial charge in [0, 0.05) is 25.2 Å². The topological polar surface area (TPSA) is 41.6 Å². The van der Waals surface area contributed by atoms with Crippen molar-refractivity contribution in [3.63, 3.8) is 0 Å². The van der Waals surface area contributed by atoms with Crippen LogP contribution in [0.15, 0.2) is 30.3 Å². The third kappa shape index (κ3) is 3.18. The number of carbonyl (C=O) groups excluding carboxylic acids is 1. The molecule has 2 saturated heterocycles. The number of hydrogen-bond acceptors (Lipinski definition) is 4. The van der Waals surface area contributed by atoms with Crippen LogP contribution in [0.2, 0.25) is 0 Å². The van der Waals surface area contributed by atoms with Crippen LogP contribution in [0.5, 0.6) is 0 Å². The van der Waals surface area contributed by atoms with Crippen molar-refractivity contribution in [2.45, 2.75) is 44.9 Å². The van der Waals surface area contributed by atoms with Crippen LogP contribution >= 0.6 is 0 Å². The molecule has 0 radical (unpaired) electrons. The molecule has 0 amide bonds. The standard InChI is InChI=1S/C18H26N2O2/c1-17(2,3)22-16(21)15-12-20(13-18(15)9-10-19-18)11-14-7-5-4-6-8-14/h4-8,15,19H,9-13H2,1-3H3/t15-,18+/m0/s1. The number of hydrogen-bond donors (Lipinski definition) is 1. The Morgan fingerprint density at radius 2 is 2.05 bits per heavy atom. The van der Waals surface area contributed by atoms with E-state index in [2.05, 4.69) is 34.5 Å². The van der Waals surface area contributed by atoms with Crippen molar-refractivity contribution in [1.29, 1.82) is 0 Å². The van der Waals surface area contributed by atoms with Gasteiger partial charge in [0.1, 0.15) is 5.60 Å². The smallest absolute Gasteiger partial charge is 0.312 e. The van der Waals surface area contributed by atoms with Crippen LogP contribution in [0.3, 0.4) is 0 Å². The normalized spacial score (nSPS) is 28.6. The Hall–Kier alpha value is -1.39. The minimum atomic E-state index is -0.422. The van der Waals surface area contributed by atoms with Gasteiger partial charge in [-0.05, 0) is 39.3 Å². The molecule has 1 N–H and O–H groups in total. The SMILES string of the molecule is CC(C)(C)OC(=O)[C@@H]1CN(Cc2ccccc2)C[C@]12CCN2. The Morgan fingerprint density at radius 1 is 1.36 bits per heavy atom. The Bertz CT molecular complexity index is 532. The van der Waals surface area contributed by atoms with Crippen LogP contribution in [0, 0.1) is 5.92 Å². The van der Waals surface area contributed by atoms with Crippen molar-refractivity contribution < 1.29 is 9.53 Å². The number of benzene rings is 1. The molecule has 1 spiro atoms. The molecule has 1 aromatic rings. The van der Waals surface area contributed by atoms with E-state index in [1.165, 1.54) is 5.56 Å². The Labute approximate surface area is 132 Å². The summed E-state index contributed by atoms with van der Waals surface area (Å²) in [6.07, 6.45) is 1.06. The van der Waals surface area contributed by atoms with Crippen molar-refractivity contribution in [3.05, 3.63) is 35.9 Å². The van der Waals surface area contributed by atoms with Crippen LogP contribution in [0.4, 0.5) is 0 Å². The molecule has 1 aromatic carbocycles. The van der Waals surface area contributed by atoms with Crippen LogP contribution < -0.4 is 5.32 Å². The fourth-order valence-corrected chi connectivity index (χ4v) is 3.52. The number of nitrogens with one attached hydrogen (secondary N) is 1. The summed E-state index contributed by atoms with van der Waals surface area (Å²) in [5.74, 6) is -0.126. The highest BCUT2D eigenvalue weighted by atomic mass is 16.6. The van der Waals surface area contributed by atoms with Gasteiger partial charge in [0.05, 0.1) is 5.92 Å². The number of likely N-dealkylation sites (tertiary alicyclic amines) is 1. The summed E-state index contributed by atoms with van der Waals surface area (Å²) in [4.78, 5) is 14.9. The number of carbonyl (C=O) groups is 1. The first-order valence-corrected chi connectivity index (χ1v) is 8.12. The zero-order valence-electron chi connectivity index (χ0n) is 13.8. The van der Waals surface area contributed by atoms with Crippen LogP contribution in [-0.4, -0.2) is 41.6 Å². The molecular weight excluding hydrogens is 276 g/mol. The van der Waals surface area contributed by atoms with Gasteiger partial charge in [0.25, 0.3) is 0 Å². The summed E-state index contributed by atoms with van der Waals surface area (Å²) in [6, 6.07) is 10.4. The van der Waals surface area contributed by atoms with E-state index in [1.54, 1.807) is 0 Å². The van der Waals surface area contributed by atoms with Crippen LogP contribution in [0.1, 0.15) is 32.8 Å². The Morgan fingerprint density at radius 3 is 2.59 bits per heavy atom. The third-order valence-corrected chi connectivity index (χ3v) is 4.60. The molecule has 120 valence electrons. The molecule has 0 bridgehead atoms. The second kappa shape index (κ2) is 5.67. The van der Waals surface area contributed by atoms with Crippen molar-refractivity contribution in [3.8, 4) is 0 Å². The highest BCUT2D eigenvalue weighted by Gasteiger charge is 2.54. The van der Waals surface area contributed by atoms with Gasteiger partial charge < -0.3 is 10.1 Å². The monoisotopic (exact) mass is 302 g/mol. The summed E-state index contributed by atoms with van der Waals surface area (Å²) in [5, 5.41) is 3.51. The van der Waals surface area contributed by atoms with E-state index in [0.29, 0.717) is 0 Å². The lowest BCUT2D eigenvalue weighted by Crippen LogP contribution is -2.64. The first-order valence-electron chi connectivity index (χ1n) is 8.12. The molecule has 2 heterocycles. The zero-order chi connectivity index (χ0) is 15.8. The predicted octanol–water partition coefficient (Wildman–Crippen LogP) is 2.19. The fraction of sp³-hybridized carbons (Fsp3) is 0.611. The Kier molecular flexibility index (Phi) is 4.00. The predicted molar refractivity (Wildman–Crippen MR) is 86.4 cm³/mol. The second-order valence-electron chi connectivity index (χ2n) is 7.57. The van der Waals surface area contributed by atoms with E-state index in [1.807, 2.05) is 26.8 Å². The van der Waals surface area contributed by atoms with Gasteiger partial charge >= 0.3 is 5.97 Å². The van der Waals surface area contributed by atoms with Crippen molar-refractivity contribution in [2.75, 3.05) is 19.6 Å². The van der Waals surface area contributed by atoms with Gasteiger partial charge in [0.2, 0.25) is 0 Å². The molecule has 0 aliphatic carbocycles. The van der Waals surface area contributed by atoms with E-state index in [4.69, 9.17) is 4.74 Å².